The standard InChI is InChI=1S/C12H14ClNO3/c1-3-17-12(15)5-4-8-6-11(16-2)9(13)7-10(8)14/h4-7H,3,14H2,1-2H3. The summed E-state index contributed by atoms with van der Waals surface area (Å²) in [4.78, 5) is 11.1. The predicted molar refractivity (Wildman–Crippen MR) is 68.1 cm³/mol. The van der Waals surface area contributed by atoms with E-state index in [1.165, 1.54) is 13.2 Å². The Bertz CT molecular complexity index is 444. The summed E-state index contributed by atoms with van der Waals surface area (Å²) in [6.07, 6.45) is 2.87. The summed E-state index contributed by atoms with van der Waals surface area (Å²) in [5.74, 6) is 0.0881. The first-order valence-corrected chi connectivity index (χ1v) is 5.44. The van der Waals surface area contributed by atoms with E-state index in [1.807, 2.05) is 0 Å². The van der Waals surface area contributed by atoms with Crippen molar-refractivity contribution in [3.8, 4) is 5.75 Å². The smallest absolute Gasteiger partial charge is 0.330 e. The molecule has 0 amide bonds. The highest BCUT2D eigenvalue weighted by Crippen LogP contribution is 2.30. The number of hydrogen-bond donors (Lipinski definition) is 1. The number of rotatable bonds is 4. The first-order valence-electron chi connectivity index (χ1n) is 5.06. The average Bonchev–Trinajstić information content (AvgIpc) is 2.28. The molecule has 1 rings (SSSR count). The Kier molecular flexibility index (Phi) is 4.84. The molecule has 0 aliphatic rings. The van der Waals surface area contributed by atoms with E-state index in [0.717, 1.165) is 0 Å². The fourth-order valence-corrected chi connectivity index (χ4v) is 1.48. The van der Waals surface area contributed by atoms with Crippen molar-refractivity contribution in [2.75, 3.05) is 19.5 Å². The summed E-state index contributed by atoms with van der Waals surface area (Å²) in [5.41, 5.74) is 6.88. The maximum Gasteiger partial charge on any atom is 0.330 e. The molecule has 4 nitrogen and oxygen atoms in total. The number of carbonyl (C=O) groups excluding carboxylic acids is 1. The third-order valence-corrected chi connectivity index (χ3v) is 2.34. The molecular weight excluding hydrogens is 242 g/mol. The van der Waals surface area contributed by atoms with Gasteiger partial charge in [0.1, 0.15) is 5.75 Å². The monoisotopic (exact) mass is 255 g/mol. The lowest BCUT2D eigenvalue weighted by atomic mass is 10.1. The minimum Gasteiger partial charge on any atom is -0.495 e. The zero-order valence-corrected chi connectivity index (χ0v) is 10.5. The Morgan fingerprint density at radius 1 is 1.53 bits per heavy atom. The summed E-state index contributed by atoms with van der Waals surface area (Å²) in [5, 5.41) is 0.429. The van der Waals surface area contributed by atoms with Crippen molar-refractivity contribution in [2.24, 2.45) is 0 Å². The maximum atomic E-state index is 11.1. The zero-order chi connectivity index (χ0) is 12.8. The Balaban J connectivity index is 2.94. The summed E-state index contributed by atoms with van der Waals surface area (Å²) < 4.78 is 9.82. The third kappa shape index (κ3) is 3.67. The molecule has 0 spiro atoms. The van der Waals surface area contributed by atoms with Gasteiger partial charge in [-0.3, -0.25) is 0 Å². The summed E-state index contributed by atoms with van der Waals surface area (Å²) in [6, 6.07) is 3.23. The van der Waals surface area contributed by atoms with E-state index in [4.69, 9.17) is 26.8 Å². The molecule has 0 saturated carbocycles. The van der Waals surface area contributed by atoms with Crippen molar-refractivity contribution in [1.82, 2.24) is 0 Å². The first kappa shape index (κ1) is 13.4. The Morgan fingerprint density at radius 3 is 2.82 bits per heavy atom. The topological polar surface area (TPSA) is 61.5 Å². The van der Waals surface area contributed by atoms with Gasteiger partial charge in [-0.2, -0.15) is 0 Å². The lowest BCUT2D eigenvalue weighted by Gasteiger charge is -2.06. The molecular formula is C12H14ClNO3. The van der Waals surface area contributed by atoms with Crippen LogP contribution in [0, 0.1) is 0 Å². The van der Waals surface area contributed by atoms with Crippen molar-refractivity contribution in [3.63, 3.8) is 0 Å². The van der Waals surface area contributed by atoms with Crippen LogP contribution in [0.15, 0.2) is 18.2 Å². The second-order valence-corrected chi connectivity index (χ2v) is 3.61. The third-order valence-electron chi connectivity index (χ3n) is 2.04. The molecule has 2 N–H and O–H groups in total. The molecule has 0 fully saturated rings. The molecule has 0 aromatic heterocycles. The van der Waals surface area contributed by atoms with Crippen LogP contribution in [0.3, 0.4) is 0 Å². The number of carbonyl (C=O) groups is 1. The Morgan fingerprint density at radius 2 is 2.24 bits per heavy atom. The Labute approximate surface area is 105 Å². The number of methoxy groups -OCH3 is 1. The van der Waals surface area contributed by atoms with Gasteiger partial charge in [-0.1, -0.05) is 11.6 Å². The normalized spacial score (nSPS) is 10.5. The predicted octanol–water partition coefficient (Wildman–Crippen LogP) is 2.51. The number of benzene rings is 1. The molecule has 0 atom stereocenters. The molecule has 5 heteroatoms. The molecule has 0 aliphatic heterocycles. The van der Waals surface area contributed by atoms with E-state index in [-0.39, 0.29) is 0 Å². The van der Waals surface area contributed by atoms with Crippen LogP contribution in [0.1, 0.15) is 12.5 Å². The number of halogens is 1. The lowest BCUT2D eigenvalue weighted by molar-refractivity contribution is -0.137. The second kappa shape index (κ2) is 6.15. The van der Waals surface area contributed by atoms with Crippen molar-refractivity contribution in [1.29, 1.82) is 0 Å². The van der Waals surface area contributed by atoms with Gasteiger partial charge in [0.25, 0.3) is 0 Å². The number of nitrogens with two attached hydrogens (primary N) is 1. The molecule has 1 aromatic carbocycles. The number of hydrogen-bond acceptors (Lipinski definition) is 4. The molecule has 1 aromatic rings. The van der Waals surface area contributed by atoms with E-state index < -0.39 is 5.97 Å². The highest BCUT2D eigenvalue weighted by molar-refractivity contribution is 6.32. The largest absolute Gasteiger partial charge is 0.495 e. The summed E-state index contributed by atoms with van der Waals surface area (Å²) >= 11 is 5.89. The molecule has 0 radical (unpaired) electrons. The molecule has 0 bridgehead atoms. The van der Waals surface area contributed by atoms with Crippen molar-refractivity contribution >= 4 is 29.3 Å². The Hall–Kier alpha value is -1.68. The molecule has 0 heterocycles. The van der Waals surface area contributed by atoms with Gasteiger partial charge in [-0.05, 0) is 25.1 Å². The number of ether oxygens (including phenoxy) is 2. The van der Waals surface area contributed by atoms with Crippen LogP contribution in [-0.4, -0.2) is 19.7 Å². The minimum absolute atomic E-state index is 0.336. The zero-order valence-electron chi connectivity index (χ0n) is 9.70. The van der Waals surface area contributed by atoms with E-state index in [2.05, 4.69) is 0 Å². The van der Waals surface area contributed by atoms with Gasteiger partial charge in [0.2, 0.25) is 0 Å². The lowest BCUT2D eigenvalue weighted by Crippen LogP contribution is -1.99. The van der Waals surface area contributed by atoms with Crippen LogP contribution >= 0.6 is 11.6 Å². The van der Waals surface area contributed by atoms with Gasteiger partial charge in [-0.25, -0.2) is 4.79 Å². The molecule has 0 unspecified atom stereocenters. The van der Waals surface area contributed by atoms with Crippen LogP contribution in [-0.2, 0) is 9.53 Å². The van der Waals surface area contributed by atoms with Gasteiger partial charge in [0.15, 0.2) is 0 Å². The van der Waals surface area contributed by atoms with E-state index in [1.54, 1.807) is 25.1 Å². The average molecular weight is 256 g/mol. The fraction of sp³-hybridized carbons (Fsp3) is 0.250. The van der Waals surface area contributed by atoms with Crippen molar-refractivity contribution in [2.45, 2.75) is 6.92 Å². The summed E-state index contributed by atoms with van der Waals surface area (Å²) in [7, 11) is 1.51. The van der Waals surface area contributed by atoms with Crippen LogP contribution in [0.4, 0.5) is 5.69 Å². The highest BCUT2D eigenvalue weighted by atomic mass is 35.5. The molecule has 92 valence electrons. The molecule has 0 aliphatic carbocycles. The molecule has 17 heavy (non-hydrogen) atoms. The van der Waals surface area contributed by atoms with Crippen LogP contribution in [0.25, 0.3) is 6.08 Å². The molecule has 0 saturated heterocycles. The van der Waals surface area contributed by atoms with Gasteiger partial charge in [0, 0.05) is 17.3 Å². The SMILES string of the molecule is CCOC(=O)C=Cc1cc(OC)c(Cl)cc1N. The summed E-state index contributed by atoms with van der Waals surface area (Å²) in [6.45, 7) is 2.08. The van der Waals surface area contributed by atoms with Crippen molar-refractivity contribution < 1.29 is 14.3 Å². The maximum absolute atomic E-state index is 11.1. The first-order chi connectivity index (χ1) is 8.08. The van der Waals surface area contributed by atoms with E-state index in [0.29, 0.717) is 28.6 Å². The van der Waals surface area contributed by atoms with Crippen LogP contribution < -0.4 is 10.5 Å². The minimum atomic E-state index is -0.416. The van der Waals surface area contributed by atoms with Crippen molar-refractivity contribution in [3.05, 3.63) is 28.8 Å². The van der Waals surface area contributed by atoms with Gasteiger partial charge in [-0.15, -0.1) is 0 Å². The van der Waals surface area contributed by atoms with E-state index >= 15 is 0 Å². The van der Waals surface area contributed by atoms with Gasteiger partial charge in [0.05, 0.1) is 18.7 Å². The van der Waals surface area contributed by atoms with Crippen LogP contribution in [0.2, 0.25) is 5.02 Å². The number of nitrogen functional groups attached to an aromatic ring is 1. The second-order valence-electron chi connectivity index (χ2n) is 3.20. The number of anilines is 1. The number of esters is 1. The van der Waals surface area contributed by atoms with Gasteiger partial charge < -0.3 is 15.2 Å². The quantitative estimate of drug-likeness (QED) is 0.510. The van der Waals surface area contributed by atoms with Gasteiger partial charge >= 0.3 is 5.97 Å². The van der Waals surface area contributed by atoms with E-state index in [9.17, 15) is 4.79 Å². The van der Waals surface area contributed by atoms with Crippen LogP contribution in [0.5, 0.6) is 5.75 Å². The fourth-order valence-electron chi connectivity index (χ4n) is 1.23. The highest BCUT2D eigenvalue weighted by Gasteiger charge is 2.05.